The molecule has 1 aromatic carbocycles. The fourth-order valence-corrected chi connectivity index (χ4v) is 2.23. The highest BCUT2D eigenvalue weighted by Gasteiger charge is 2.07. The number of aromatic nitrogens is 2. The maximum atomic E-state index is 13.6. The van der Waals surface area contributed by atoms with Crippen LogP contribution in [0.4, 0.5) is 4.39 Å². The van der Waals surface area contributed by atoms with E-state index >= 15 is 0 Å². The Morgan fingerprint density at radius 3 is 2.95 bits per heavy atom. The van der Waals surface area contributed by atoms with Crippen molar-refractivity contribution in [3.05, 3.63) is 28.8 Å². The SMILES string of the molecule is COCCOCCCn1c(=S)[nH]c2c(F)cccc21. The minimum absolute atomic E-state index is 0.279. The van der Waals surface area contributed by atoms with E-state index in [1.54, 1.807) is 13.2 Å². The van der Waals surface area contributed by atoms with E-state index in [0.717, 1.165) is 11.9 Å². The topological polar surface area (TPSA) is 39.2 Å². The van der Waals surface area contributed by atoms with Gasteiger partial charge in [0, 0.05) is 20.3 Å². The molecule has 2 rings (SSSR count). The molecule has 1 N–H and O–H groups in total. The second-order valence-corrected chi connectivity index (χ2v) is 4.56. The van der Waals surface area contributed by atoms with Crippen molar-refractivity contribution in [2.24, 2.45) is 0 Å². The number of imidazole rings is 1. The van der Waals surface area contributed by atoms with Gasteiger partial charge in [-0.05, 0) is 30.8 Å². The lowest BCUT2D eigenvalue weighted by molar-refractivity contribution is 0.0681. The third-order valence-corrected chi connectivity index (χ3v) is 3.18. The Bertz CT molecular complexity index is 594. The molecule has 0 bridgehead atoms. The first-order valence-electron chi connectivity index (χ1n) is 6.17. The highest BCUT2D eigenvalue weighted by molar-refractivity contribution is 7.71. The Morgan fingerprint density at radius 1 is 1.32 bits per heavy atom. The number of hydrogen-bond donors (Lipinski definition) is 1. The molecule has 0 aliphatic rings. The maximum absolute atomic E-state index is 13.6. The van der Waals surface area contributed by atoms with Crippen molar-refractivity contribution in [1.82, 2.24) is 9.55 Å². The summed E-state index contributed by atoms with van der Waals surface area (Å²) >= 11 is 5.21. The molecular weight excluding hydrogens is 267 g/mol. The summed E-state index contributed by atoms with van der Waals surface area (Å²) in [5, 5.41) is 0. The summed E-state index contributed by atoms with van der Waals surface area (Å²) in [7, 11) is 1.64. The largest absolute Gasteiger partial charge is 0.382 e. The zero-order chi connectivity index (χ0) is 13.7. The molecule has 19 heavy (non-hydrogen) atoms. The summed E-state index contributed by atoms with van der Waals surface area (Å²) < 4.78 is 26.3. The van der Waals surface area contributed by atoms with Crippen molar-refractivity contribution in [3.63, 3.8) is 0 Å². The van der Waals surface area contributed by atoms with Gasteiger partial charge in [0.1, 0.15) is 11.3 Å². The monoisotopic (exact) mass is 284 g/mol. The van der Waals surface area contributed by atoms with Gasteiger partial charge in [-0.1, -0.05) is 6.07 Å². The molecule has 0 aliphatic heterocycles. The number of aryl methyl sites for hydroxylation is 1. The number of methoxy groups -OCH3 is 1. The Morgan fingerprint density at radius 2 is 2.16 bits per heavy atom. The van der Waals surface area contributed by atoms with Crippen molar-refractivity contribution < 1.29 is 13.9 Å². The Labute approximate surface area is 116 Å². The highest BCUT2D eigenvalue weighted by Crippen LogP contribution is 2.17. The lowest BCUT2D eigenvalue weighted by Crippen LogP contribution is -2.06. The second kappa shape index (κ2) is 6.79. The summed E-state index contributed by atoms with van der Waals surface area (Å²) in [5.74, 6) is -0.279. The van der Waals surface area contributed by atoms with Crippen molar-refractivity contribution in [3.8, 4) is 0 Å². The number of H-pyrrole nitrogens is 1. The van der Waals surface area contributed by atoms with E-state index in [2.05, 4.69) is 4.98 Å². The van der Waals surface area contributed by atoms with Gasteiger partial charge in [-0.15, -0.1) is 0 Å². The van der Waals surface area contributed by atoms with Crippen LogP contribution in [0.5, 0.6) is 0 Å². The molecule has 2 aromatic rings. The van der Waals surface area contributed by atoms with Crippen molar-refractivity contribution >= 4 is 23.3 Å². The van der Waals surface area contributed by atoms with E-state index in [0.29, 0.717) is 36.7 Å². The van der Waals surface area contributed by atoms with Gasteiger partial charge in [0.15, 0.2) is 4.77 Å². The van der Waals surface area contributed by atoms with Crippen LogP contribution in [0.2, 0.25) is 0 Å². The number of halogens is 1. The van der Waals surface area contributed by atoms with Crippen LogP contribution in [0.1, 0.15) is 6.42 Å². The van der Waals surface area contributed by atoms with E-state index in [1.165, 1.54) is 6.07 Å². The molecule has 0 saturated heterocycles. The van der Waals surface area contributed by atoms with Crippen molar-refractivity contribution in [2.75, 3.05) is 26.9 Å². The molecule has 0 spiro atoms. The summed E-state index contributed by atoms with van der Waals surface area (Å²) in [6.07, 6.45) is 0.821. The quantitative estimate of drug-likeness (QED) is 0.627. The Balaban J connectivity index is 1.99. The number of nitrogens with one attached hydrogen (secondary N) is 1. The van der Waals surface area contributed by atoms with Crippen LogP contribution < -0.4 is 0 Å². The predicted molar refractivity (Wildman–Crippen MR) is 74.4 cm³/mol. The van der Waals surface area contributed by atoms with Crippen LogP contribution in [0.15, 0.2) is 18.2 Å². The van der Waals surface area contributed by atoms with Crippen LogP contribution in [-0.2, 0) is 16.0 Å². The van der Waals surface area contributed by atoms with E-state index in [9.17, 15) is 4.39 Å². The summed E-state index contributed by atoms with van der Waals surface area (Å²) in [6.45, 7) is 2.52. The average Bonchev–Trinajstić information content (AvgIpc) is 2.72. The van der Waals surface area contributed by atoms with Gasteiger partial charge >= 0.3 is 0 Å². The van der Waals surface area contributed by atoms with Crippen LogP contribution in [-0.4, -0.2) is 36.5 Å². The number of fused-ring (bicyclic) bond motifs is 1. The fraction of sp³-hybridized carbons (Fsp3) is 0.462. The molecule has 6 heteroatoms. The zero-order valence-electron chi connectivity index (χ0n) is 10.8. The summed E-state index contributed by atoms with van der Waals surface area (Å²) in [5.41, 5.74) is 1.26. The average molecular weight is 284 g/mol. The van der Waals surface area contributed by atoms with Crippen molar-refractivity contribution in [2.45, 2.75) is 13.0 Å². The molecule has 0 fully saturated rings. The standard InChI is InChI=1S/C13H17FN2O2S/c1-17-8-9-18-7-3-6-16-11-5-2-4-10(14)12(11)15-13(16)19/h2,4-5H,3,6-9H2,1H3,(H,15,19). The number of nitrogens with zero attached hydrogens (tertiary/aromatic N) is 1. The molecular formula is C13H17FN2O2S. The normalized spacial score (nSPS) is 11.3. The highest BCUT2D eigenvalue weighted by atomic mass is 32.1. The molecule has 1 aromatic heterocycles. The molecule has 0 saturated carbocycles. The Hall–Kier alpha value is -1.24. The zero-order valence-corrected chi connectivity index (χ0v) is 11.6. The summed E-state index contributed by atoms with van der Waals surface area (Å²) in [4.78, 5) is 2.90. The van der Waals surface area contributed by atoms with Crippen LogP contribution in [0, 0.1) is 10.6 Å². The number of hydrogen-bond acceptors (Lipinski definition) is 3. The molecule has 1 heterocycles. The van der Waals surface area contributed by atoms with Gasteiger partial charge < -0.3 is 19.0 Å². The predicted octanol–water partition coefficient (Wildman–Crippen LogP) is 2.89. The molecule has 0 radical (unpaired) electrons. The van der Waals surface area contributed by atoms with E-state index in [4.69, 9.17) is 21.7 Å². The first-order valence-corrected chi connectivity index (χ1v) is 6.58. The molecule has 0 aliphatic carbocycles. The van der Waals surface area contributed by atoms with E-state index in [1.807, 2.05) is 10.6 Å². The lowest BCUT2D eigenvalue weighted by atomic mass is 10.3. The number of aromatic amines is 1. The van der Waals surface area contributed by atoms with E-state index < -0.39 is 0 Å². The van der Waals surface area contributed by atoms with Crippen LogP contribution >= 0.6 is 12.2 Å². The van der Waals surface area contributed by atoms with Gasteiger partial charge in [-0.3, -0.25) is 0 Å². The molecule has 4 nitrogen and oxygen atoms in total. The third-order valence-electron chi connectivity index (χ3n) is 2.86. The first kappa shape index (κ1) is 14.2. The third kappa shape index (κ3) is 3.40. The van der Waals surface area contributed by atoms with Gasteiger partial charge in [0.05, 0.1) is 18.7 Å². The lowest BCUT2D eigenvalue weighted by Gasteiger charge is -2.05. The fourth-order valence-electron chi connectivity index (χ4n) is 1.94. The first-order chi connectivity index (χ1) is 9.24. The number of para-hydroxylation sites is 1. The summed E-state index contributed by atoms with van der Waals surface area (Å²) in [6, 6.07) is 4.97. The van der Waals surface area contributed by atoms with Crippen molar-refractivity contribution in [1.29, 1.82) is 0 Å². The van der Waals surface area contributed by atoms with Gasteiger partial charge in [-0.2, -0.15) is 0 Å². The minimum atomic E-state index is -0.279. The number of rotatable bonds is 7. The number of ether oxygens (including phenoxy) is 2. The van der Waals surface area contributed by atoms with Gasteiger partial charge in [0.2, 0.25) is 0 Å². The maximum Gasteiger partial charge on any atom is 0.178 e. The smallest absolute Gasteiger partial charge is 0.178 e. The Kier molecular flexibility index (Phi) is 5.07. The van der Waals surface area contributed by atoms with E-state index in [-0.39, 0.29) is 5.82 Å². The second-order valence-electron chi connectivity index (χ2n) is 4.17. The molecule has 0 amide bonds. The molecule has 0 atom stereocenters. The molecule has 0 unspecified atom stereocenters. The van der Waals surface area contributed by atoms with Gasteiger partial charge in [-0.25, -0.2) is 4.39 Å². The number of benzene rings is 1. The van der Waals surface area contributed by atoms with Crippen LogP contribution in [0.25, 0.3) is 11.0 Å². The minimum Gasteiger partial charge on any atom is -0.382 e. The van der Waals surface area contributed by atoms with Gasteiger partial charge in [0.25, 0.3) is 0 Å². The molecule has 104 valence electrons. The van der Waals surface area contributed by atoms with Crippen LogP contribution in [0.3, 0.4) is 0 Å².